The first-order valence-electron chi connectivity index (χ1n) is 11.4. The minimum atomic E-state index is -0.347. The summed E-state index contributed by atoms with van der Waals surface area (Å²) < 4.78 is 5.52. The Balaban J connectivity index is 1.55. The van der Waals surface area contributed by atoms with Crippen molar-refractivity contribution >= 4 is 5.97 Å². The molecule has 0 N–H and O–H groups in total. The Labute approximate surface area is 185 Å². The average molecular weight is 417 g/mol. The summed E-state index contributed by atoms with van der Waals surface area (Å²) in [6.07, 6.45) is 13.1. The molecule has 0 fully saturated rings. The number of hydrogen-bond acceptors (Lipinski definition) is 4. The molecule has 31 heavy (non-hydrogen) atoms. The van der Waals surface area contributed by atoms with Gasteiger partial charge in [-0.05, 0) is 73.2 Å². The second kappa shape index (κ2) is 12.0. The first kappa shape index (κ1) is 22.7. The quantitative estimate of drug-likeness (QED) is 0.195. The van der Waals surface area contributed by atoms with Gasteiger partial charge in [-0.1, -0.05) is 51.7 Å². The third kappa shape index (κ3) is 7.02. The van der Waals surface area contributed by atoms with Crippen LogP contribution in [0.15, 0.2) is 60.9 Å². The molecule has 162 valence electrons. The normalized spacial score (nSPS) is 10.8. The predicted molar refractivity (Wildman–Crippen MR) is 125 cm³/mol. The molecule has 0 radical (unpaired) electrons. The number of nitrogens with zero attached hydrogens (tertiary/aromatic N) is 2. The molecule has 2 aromatic carbocycles. The molecule has 0 saturated heterocycles. The molecule has 3 aromatic rings. The van der Waals surface area contributed by atoms with Crippen molar-refractivity contribution in [3.05, 3.63) is 77.6 Å². The highest BCUT2D eigenvalue weighted by Crippen LogP contribution is 2.21. The summed E-state index contributed by atoms with van der Waals surface area (Å²) in [5, 5.41) is 0. The maximum atomic E-state index is 12.4. The van der Waals surface area contributed by atoms with E-state index in [4.69, 9.17) is 4.74 Å². The van der Waals surface area contributed by atoms with E-state index in [0.717, 1.165) is 18.4 Å². The van der Waals surface area contributed by atoms with Crippen LogP contribution in [-0.2, 0) is 12.8 Å². The van der Waals surface area contributed by atoms with Crippen molar-refractivity contribution in [1.82, 2.24) is 9.97 Å². The van der Waals surface area contributed by atoms with Crippen LogP contribution in [0.2, 0.25) is 0 Å². The van der Waals surface area contributed by atoms with Crippen LogP contribution in [0.4, 0.5) is 0 Å². The Morgan fingerprint density at radius 3 is 1.90 bits per heavy atom. The lowest BCUT2D eigenvalue weighted by Crippen LogP contribution is -2.08. The molecule has 0 aliphatic carbocycles. The van der Waals surface area contributed by atoms with E-state index in [9.17, 15) is 4.79 Å². The first-order chi connectivity index (χ1) is 15.2. The van der Waals surface area contributed by atoms with Crippen LogP contribution in [0, 0.1) is 0 Å². The van der Waals surface area contributed by atoms with Crippen LogP contribution in [0.5, 0.6) is 5.75 Å². The van der Waals surface area contributed by atoms with Gasteiger partial charge < -0.3 is 4.74 Å². The van der Waals surface area contributed by atoms with Crippen molar-refractivity contribution < 1.29 is 9.53 Å². The molecule has 0 bridgehead atoms. The fraction of sp³-hybridized carbons (Fsp3) is 0.370. The molecule has 1 heterocycles. The number of carbonyl (C=O) groups excluding carboxylic acids is 1. The molecule has 3 rings (SSSR count). The molecule has 0 spiro atoms. The smallest absolute Gasteiger partial charge is 0.343 e. The van der Waals surface area contributed by atoms with Crippen molar-refractivity contribution in [2.24, 2.45) is 0 Å². The van der Waals surface area contributed by atoms with E-state index in [2.05, 4.69) is 23.8 Å². The number of carbonyl (C=O) groups is 1. The summed E-state index contributed by atoms with van der Waals surface area (Å²) in [7, 11) is 0. The molecule has 4 nitrogen and oxygen atoms in total. The number of unbranched alkanes of at least 4 members (excludes halogenated alkanes) is 4. The SMILES string of the molecule is CCCCCc1ccc(C(=O)Oc2ccc(-c3ncc(CCCCC)cn3)cc2)cc1. The maximum Gasteiger partial charge on any atom is 0.343 e. The van der Waals surface area contributed by atoms with Crippen LogP contribution in [-0.4, -0.2) is 15.9 Å². The highest BCUT2D eigenvalue weighted by molar-refractivity contribution is 5.91. The number of aryl methyl sites for hydroxylation is 2. The lowest BCUT2D eigenvalue weighted by Gasteiger charge is -2.07. The summed E-state index contributed by atoms with van der Waals surface area (Å²) in [6, 6.07) is 15.0. The number of esters is 1. The van der Waals surface area contributed by atoms with Gasteiger partial charge in [0.15, 0.2) is 5.82 Å². The highest BCUT2D eigenvalue weighted by atomic mass is 16.5. The van der Waals surface area contributed by atoms with Gasteiger partial charge in [-0.2, -0.15) is 0 Å². The van der Waals surface area contributed by atoms with E-state index >= 15 is 0 Å². The Bertz CT molecular complexity index is 932. The Hall–Kier alpha value is -3.01. The minimum Gasteiger partial charge on any atom is -0.423 e. The van der Waals surface area contributed by atoms with Crippen LogP contribution in [0.3, 0.4) is 0 Å². The zero-order chi connectivity index (χ0) is 21.9. The van der Waals surface area contributed by atoms with Gasteiger partial charge in [-0.3, -0.25) is 0 Å². The van der Waals surface area contributed by atoms with Gasteiger partial charge in [0.2, 0.25) is 0 Å². The van der Waals surface area contributed by atoms with E-state index in [0.29, 0.717) is 17.1 Å². The minimum absolute atomic E-state index is 0.347. The van der Waals surface area contributed by atoms with E-state index in [1.807, 2.05) is 48.8 Å². The summed E-state index contributed by atoms with van der Waals surface area (Å²) >= 11 is 0. The summed E-state index contributed by atoms with van der Waals surface area (Å²) in [5.74, 6) is 0.841. The zero-order valence-electron chi connectivity index (χ0n) is 18.6. The number of benzene rings is 2. The predicted octanol–water partition coefficient (Wildman–Crippen LogP) is 6.83. The van der Waals surface area contributed by atoms with E-state index < -0.39 is 0 Å². The van der Waals surface area contributed by atoms with E-state index in [1.165, 1.54) is 49.7 Å². The van der Waals surface area contributed by atoms with Gasteiger partial charge in [0.1, 0.15) is 5.75 Å². The van der Waals surface area contributed by atoms with Crippen molar-refractivity contribution in [2.45, 2.75) is 65.2 Å². The fourth-order valence-electron chi connectivity index (χ4n) is 3.44. The van der Waals surface area contributed by atoms with Gasteiger partial charge in [0, 0.05) is 18.0 Å². The van der Waals surface area contributed by atoms with Crippen LogP contribution in [0.1, 0.15) is 73.9 Å². The molecule has 1 aromatic heterocycles. The number of rotatable bonds is 11. The molecule has 0 atom stereocenters. The maximum absolute atomic E-state index is 12.4. The molecule has 0 unspecified atom stereocenters. The lowest BCUT2D eigenvalue weighted by molar-refractivity contribution is 0.0735. The second-order valence-electron chi connectivity index (χ2n) is 7.94. The average Bonchev–Trinajstić information content (AvgIpc) is 2.81. The third-order valence-electron chi connectivity index (χ3n) is 5.36. The summed E-state index contributed by atoms with van der Waals surface area (Å²) in [5.41, 5.74) is 3.88. The van der Waals surface area contributed by atoms with Crippen molar-refractivity contribution in [3.63, 3.8) is 0 Å². The molecule has 0 saturated carbocycles. The summed E-state index contributed by atoms with van der Waals surface area (Å²) in [4.78, 5) is 21.4. The fourth-order valence-corrected chi connectivity index (χ4v) is 3.44. The van der Waals surface area contributed by atoms with Gasteiger partial charge in [-0.25, -0.2) is 14.8 Å². The van der Waals surface area contributed by atoms with Gasteiger partial charge in [0.05, 0.1) is 5.56 Å². The molecule has 4 heteroatoms. The van der Waals surface area contributed by atoms with Crippen LogP contribution >= 0.6 is 0 Å². The zero-order valence-corrected chi connectivity index (χ0v) is 18.6. The second-order valence-corrected chi connectivity index (χ2v) is 7.94. The highest BCUT2D eigenvalue weighted by Gasteiger charge is 2.09. The molecule has 0 amide bonds. The Morgan fingerprint density at radius 1 is 0.742 bits per heavy atom. The number of ether oxygens (including phenoxy) is 1. The molecular formula is C27H32N2O2. The molecule has 0 aliphatic heterocycles. The topological polar surface area (TPSA) is 52.1 Å². The van der Waals surface area contributed by atoms with E-state index in [1.54, 1.807) is 12.1 Å². The van der Waals surface area contributed by atoms with Gasteiger partial charge >= 0.3 is 5.97 Å². The van der Waals surface area contributed by atoms with Crippen molar-refractivity contribution in [3.8, 4) is 17.1 Å². The largest absolute Gasteiger partial charge is 0.423 e. The lowest BCUT2D eigenvalue weighted by atomic mass is 10.1. The Kier molecular flexibility index (Phi) is 8.77. The number of aromatic nitrogens is 2. The van der Waals surface area contributed by atoms with Crippen LogP contribution < -0.4 is 4.74 Å². The monoisotopic (exact) mass is 416 g/mol. The van der Waals surface area contributed by atoms with Crippen LogP contribution in [0.25, 0.3) is 11.4 Å². The number of hydrogen-bond donors (Lipinski definition) is 0. The van der Waals surface area contributed by atoms with Gasteiger partial charge in [0.25, 0.3) is 0 Å². The first-order valence-corrected chi connectivity index (χ1v) is 11.4. The molecular weight excluding hydrogens is 384 g/mol. The Morgan fingerprint density at radius 2 is 1.32 bits per heavy atom. The van der Waals surface area contributed by atoms with Crippen molar-refractivity contribution in [2.75, 3.05) is 0 Å². The van der Waals surface area contributed by atoms with Crippen molar-refractivity contribution in [1.29, 1.82) is 0 Å². The molecule has 0 aliphatic rings. The third-order valence-corrected chi connectivity index (χ3v) is 5.36. The van der Waals surface area contributed by atoms with E-state index in [-0.39, 0.29) is 5.97 Å². The van der Waals surface area contributed by atoms with Gasteiger partial charge in [-0.15, -0.1) is 0 Å². The standard InChI is InChI=1S/C27H32N2O2/c1-3-5-7-9-21-11-13-24(14-12-21)27(30)31-25-17-15-23(16-18-25)26-28-19-22(20-29-26)10-8-6-4-2/h11-20H,3-10H2,1-2H3. The summed E-state index contributed by atoms with van der Waals surface area (Å²) in [6.45, 7) is 4.40.